The van der Waals surface area contributed by atoms with E-state index in [0.29, 0.717) is 12.5 Å². The third-order valence-electron chi connectivity index (χ3n) is 3.80. The van der Waals surface area contributed by atoms with Crippen LogP contribution in [0.3, 0.4) is 0 Å². The second kappa shape index (κ2) is 4.58. The van der Waals surface area contributed by atoms with Crippen LogP contribution in [-0.2, 0) is 6.54 Å². The Morgan fingerprint density at radius 3 is 2.81 bits per heavy atom. The number of furan rings is 1. The Bertz CT molecular complexity index is 786. The van der Waals surface area contributed by atoms with Gasteiger partial charge in [0, 0.05) is 13.0 Å². The van der Waals surface area contributed by atoms with Gasteiger partial charge in [0.25, 0.3) is 0 Å². The molecule has 6 nitrogen and oxygen atoms in total. The van der Waals surface area contributed by atoms with Crippen molar-refractivity contribution in [1.82, 2.24) is 19.8 Å². The number of rotatable bonds is 4. The van der Waals surface area contributed by atoms with Crippen LogP contribution in [0.15, 0.2) is 28.7 Å². The summed E-state index contributed by atoms with van der Waals surface area (Å²) in [5.41, 5.74) is 0.808. The lowest BCUT2D eigenvalue weighted by atomic mass is 10.4. The molecule has 3 heterocycles. The van der Waals surface area contributed by atoms with Gasteiger partial charge in [0.1, 0.15) is 17.3 Å². The highest BCUT2D eigenvalue weighted by Crippen LogP contribution is 2.38. The maximum atomic E-state index is 5.62. The van der Waals surface area contributed by atoms with Gasteiger partial charge in [-0.15, -0.1) is 15.3 Å². The summed E-state index contributed by atoms with van der Waals surface area (Å²) in [6, 6.07) is 7.91. The second-order valence-electron chi connectivity index (χ2n) is 5.66. The zero-order valence-corrected chi connectivity index (χ0v) is 12.2. The number of hydrogen-bond acceptors (Lipinski definition) is 5. The predicted octanol–water partition coefficient (Wildman–Crippen LogP) is 2.54. The molecule has 0 radical (unpaired) electrons. The Kier molecular flexibility index (Phi) is 2.70. The SMILES string of the molecule is Cc1ccc(CN(C)c2ccc3nnc(C4CC4)n3n2)o1. The summed E-state index contributed by atoms with van der Waals surface area (Å²) in [5.74, 6) is 4.26. The Morgan fingerprint density at radius 1 is 1.24 bits per heavy atom. The molecule has 1 saturated carbocycles. The lowest BCUT2D eigenvalue weighted by Gasteiger charge is -2.16. The van der Waals surface area contributed by atoms with Gasteiger partial charge in [0.15, 0.2) is 11.5 Å². The molecule has 0 aromatic carbocycles. The number of fused-ring (bicyclic) bond motifs is 1. The number of nitrogens with zero attached hydrogens (tertiary/aromatic N) is 5. The maximum Gasteiger partial charge on any atom is 0.178 e. The monoisotopic (exact) mass is 283 g/mol. The number of anilines is 1. The van der Waals surface area contributed by atoms with Crippen LogP contribution in [0.4, 0.5) is 5.82 Å². The largest absolute Gasteiger partial charge is 0.464 e. The van der Waals surface area contributed by atoms with Crippen LogP contribution in [0.2, 0.25) is 0 Å². The quantitative estimate of drug-likeness (QED) is 0.736. The van der Waals surface area contributed by atoms with E-state index in [2.05, 4.69) is 20.2 Å². The van der Waals surface area contributed by atoms with E-state index in [1.54, 1.807) is 0 Å². The summed E-state index contributed by atoms with van der Waals surface area (Å²) >= 11 is 0. The van der Waals surface area contributed by atoms with Crippen molar-refractivity contribution in [3.8, 4) is 0 Å². The van der Waals surface area contributed by atoms with Crippen molar-refractivity contribution in [2.45, 2.75) is 32.2 Å². The van der Waals surface area contributed by atoms with E-state index in [1.165, 1.54) is 12.8 Å². The van der Waals surface area contributed by atoms with Crippen LogP contribution in [0.1, 0.15) is 36.1 Å². The predicted molar refractivity (Wildman–Crippen MR) is 78.3 cm³/mol. The summed E-state index contributed by atoms with van der Waals surface area (Å²) in [5, 5.41) is 13.1. The van der Waals surface area contributed by atoms with Gasteiger partial charge >= 0.3 is 0 Å². The van der Waals surface area contributed by atoms with Crippen molar-refractivity contribution in [2.75, 3.05) is 11.9 Å². The number of hydrogen-bond donors (Lipinski definition) is 0. The van der Waals surface area contributed by atoms with Crippen molar-refractivity contribution in [1.29, 1.82) is 0 Å². The molecular formula is C15H17N5O. The van der Waals surface area contributed by atoms with E-state index in [-0.39, 0.29) is 0 Å². The summed E-state index contributed by atoms with van der Waals surface area (Å²) in [6.07, 6.45) is 2.38. The van der Waals surface area contributed by atoms with Gasteiger partial charge in [-0.3, -0.25) is 0 Å². The molecule has 4 rings (SSSR count). The van der Waals surface area contributed by atoms with Crippen LogP contribution in [0, 0.1) is 6.92 Å². The van der Waals surface area contributed by atoms with Crippen molar-refractivity contribution in [2.24, 2.45) is 0 Å². The smallest absolute Gasteiger partial charge is 0.178 e. The molecule has 0 bridgehead atoms. The minimum atomic E-state index is 0.528. The topological polar surface area (TPSA) is 59.5 Å². The van der Waals surface area contributed by atoms with Gasteiger partial charge < -0.3 is 9.32 Å². The lowest BCUT2D eigenvalue weighted by Crippen LogP contribution is -2.18. The molecule has 1 aliphatic rings. The molecule has 1 fully saturated rings. The van der Waals surface area contributed by atoms with Crippen molar-refractivity contribution in [3.63, 3.8) is 0 Å². The third kappa shape index (κ3) is 2.26. The number of aromatic nitrogens is 4. The van der Waals surface area contributed by atoms with Gasteiger partial charge in [-0.2, -0.15) is 4.52 Å². The fraction of sp³-hybridized carbons (Fsp3) is 0.400. The minimum Gasteiger partial charge on any atom is -0.464 e. The highest BCUT2D eigenvalue weighted by Gasteiger charge is 2.29. The normalized spacial score (nSPS) is 14.8. The van der Waals surface area contributed by atoms with Crippen LogP contribution < -0.4 is 4.90 Å². The van der Waals surface area contributed by atoms with Crippen molar-refractivity contribution >= 4 is 11.5 Å². The first kappa shape index (κ1) is 12.4. The molecule has 0 spiro atoms. The average molecular weight is 283 g/mol. The van der Waals surface area contributed by atoms with Gasteiger partial charge in [0.2, 0.25) is 0 Å². The Labute approximate surface area is 122 Å². The average Bonchev–Trinajstić information content (AvgIpc) is 3.11. The van der Waals surface area contributed by atoms with E-state index in [0.717, 1.165) is 28.8 Å². The summed E-state index contributed by atoms with van der Waals surface area (Å²) in [6.45, 7) is 2.64. The second-order valence-corrected chi connectivity index (χ2v) is 5.66. The standard InChI is InChI=1S/C15H17N5O/c1-10-3-6-12(21-10)9-19(2)14-8-7-13-16-17-15(11-4-5-11)20(13)18-14/h3,6-8,11H,4-5,9H2,1-2H3. The van der Waals surface area contributed by atoms with Gasteiger partial charge in [-0.1, -0.05) is 0 Å². The van der Waals surface area contributed by atoms with Crippen molar-refractivity contribution < 1.29 is 4.42 Å². The molecule has 3 aromatic heterocycles. The molecule has 0 amide bonds. The molecule has 0 atom stereocenters. The van der Waals surface area contributed by atoms with Gasteiger partial charge in [0.05, 0.1) is 6.54 Å². The first-order valence-electron chi connectivity index (χ1n) is 7.19. The number of aryl methyl sites for hydroxylation is 1. The van der Waals surface area contributed by atoms with E-state index in [1.807, 2.05) is 42.8 Å². The highest BCUT2D eigenvalue weighted by atomic mass is 16.3. The van der Waals surface area contributed by atoms with Crippen LogP contribution in [-0.4, -0.2) is 26.9 Å². The van der Waals surface area contributed by atoms with E-state index in [4.69, 9.17) is 4.42 Å². The van der Waals surface area contributed by atoms with E-state index in [9.17, 15) is 0 Å². The van der Waals surface area contributed by atoms with Crippen LogP contribution in [0.5, 0.6) is 0 Å². The Hall–Kier alpha value is -2.37. The zero-order chi connectivity index (χ0) is 14.4. The summed E-state index contributed by atoms with van der Waals surface area (Å²) in [7, 11) is 2.01. The molecule has 0 unspecified atom stereocenters. The third-order valence-corrected chi connectivity index (χ3v) is 3.80. The van der Waals surface area contributed by atoms with Gasteiger partial charge in [-0.25, -0.2) is 0 Å². The molecule has 0 N–H and O–H groups in total. The van der Waals surface area contributed by atoms with Crippen LogP contribution in [0.25, 0.3) is 5.65 Å². The van der Waals surface area contributed by atoms with Gasteiger partial charge in [-0.05, 0) is 44.0 Å². The van der Waals surface area contributed by atoms with Crippen LogP contribution >= 0.6 is 0 Å². The molecule has 0 saturated heterocycles. The fourth-order valence-electron chi connectivity index (χ4n) is 2.48. The fourth-order valence-corrected chi connectivity index (χ4v) is 2.48. The zero-order valence-electron chi connectivity index (χ0n) is 12.2. The first-order chi connectivity index (χ1) is 10.2. The van der Waals surface area contributed by atoms with Crippen molar-refractivity contribution in [3.05, 3.63) is 41.6 Å². The Morgan fingerprint density at radius 2 is 2.10 bits per heavy atom. The highest BCUT2D eigenvalue weighted by molar-refractivity contribution is 5.45. The summed E-state index contributed by atoms with van der Waals surface area (Å²) in [4.78, 5) is 2.06. The molecule has 108 valence electrons. The molecule has 3 aromatic rings. The maximum absolute atomic E-state index is 5.62. The summed E-state index contributed by atoms with van der Waals surface area (Å²) < 4.78 is 7.49. The molecule has 0 aliphatic heterocycles. The van der Waals surface area contributed by atoms with E-state index >= 15 is 0 Å². The minimum absolute atomic E-state index is 0.528. The molecule has 6 heteroatoms. The first-order valence-corrected chi connectivity index (χ1v) is 7.19. The van der Waals surface area contributed by atoms with E-state index < -0.39 is 0 Å². The molecule has 21 heavy (non-hydrogen) atoms. The molecule has 1 aliphatic carbocycles. The molecular weight excluding hydrogens is 266 g/mol. The Balaban J connectivity index is 1.64. The lowest BCUT2D eigenvalue weighted by molar-refractivity contribution is 0.481.